The van der Waals surface area contributed by atoms with Crippen LogP contribution in [0.2, 0.25) is 0 Å². The van der Waals surface area contributed by atoms with Crippen LogP contribution in [0.4, 0.5) is 10.5 Å². The van der Waals surface area contributed by atoms with Crippen molar-refractivity contribution in [2.45, 2.75) is 32.6 Å². The molecule has 1 amide bonds. The molecule has 0 heterocycles. The number of rotatable bonds is 6. The number of benzene rings is 1. The number of carbonyl (C=O) groups is 1. The van der Waals surface area contributed by atoms with Gasteiger partial charge in [-0.1, -0.05) is 26.2 Å². The Morgan fingerprint density at radius 1 is 1.28 bits per heavy atom. The monoisotopic (exact) mass is 253 g/mol. The van der Waals surface area contributed by atoms with Gasteiger partial charge in [0.05, 0.1) is 12.3 Å². The van der Waals surface area contributed by atoms with Gasteiger partial charge in [-0.25, -0.2) is 4.79 Å². The highest BCUT2D eigenvalue weighted by atomic mass is 16.5. The first kappa shape index (κ1) is 14.2. The zero-order chi connectivity index (χ0) is 13.4. The van der Waals surface area contributed by atoms with Crippen LogP contribution in [-0.4, -0.2) is 22.9 Å². The molecule has 0 aliphatic carbocycles. The van der Waals surface area contributed by atoms with Gasteiger partial charge in [0.15, 0.2) is 0 Å². The van der Waals surface area contributed by atoms with Crippen molar-refractivity contribution in [3.8, 4) is 11.5 Å². The van der Waals surface area contributed by atoms with E-state index in [4.69, 9.17) is 9.84 Å². The van der Waals surface area contributed by atoms with Crippen molar-refractivity contribution < 1.29 is 19.7 Å². The average Bonchev–Trinajstić information content (AvgIpc) is 2.32. The molecule has 0 bridgehead atoms. The average molecular weight is 253 g/mol. The van der Waals surface area contributed by atoms with Gasteiger partial charge in [-0.05, 0) is 18.6 Å². The second kappa shape index (κ2) is 7.42. The second-order valence-electron chi connectivity index (χ2n) is 4.02. The van der Waals surface area contributed by atoms with Crippen LogP contribution in [0.1, 0.15) is 32.6 Å². The molecule has 0 unspecified atom stereocenters. The lowest BCUT2D eigenvalue weighted by molar-refractivity contribution is 0.159. The van der Waals surface area contributed by atoms with E-state index in [0.29, 0.717) is 6.61 Å². The Labute approximate surface area is 106 Å². The van der Waals surface area contributed by atoms with E-state index in [1.54, 1.807) is 0 Å². The highest BCUT2D eigenvalue weighted by molar-refractivity contribution is 5.86. The van der Waals surface area contributed by atoms with Gasteiger partial charge in [0.2, 0.25) is 0 Å². The number of anilines is 1. The van der Waals surface area contributed by atoms with Crippen molar-refractivity contribution in [2.75, 3.05) is 11.9 Å². The summed E-state index contributed by atoms with van der Waals surface area (Å²) >= 11 is 0. The minimum absolute atomic E-state index is 0.0639. The molecular formula is C13H19NO4. The van der Waals surface area contributed by atoms with Crippen molar-refractivity contribution in [1.29, 1.82) is 0 Å². The van der Waals surface area contributed by atoms with Gasteiger partial charge >= 0.3 is 6.09 Å². The number of carbonyl (C=O) groups excluding carboxylic acids is 1. The van der Waals surface area contributed by atoms with Crippen LogP contribution in [0.25, 0.3) is 0 Å². The number of aromatic hydroxyl groups is 2. The molecule has 0 fully saturated rings. The van der Waals surface area contributed by atoms with Crippen molar-refractivity contribution >= 4 is 11.8 Å². The van der Waals surface area contributed by atoms with Crippen LogP contribution >= 0.6 is 0 Å². The van der Waals surface area contributed by atoms with Gasteiger partial charge in [0.1, 0.15) is 11.5 Å². The number of unbranched alkanes of at least 4 members (excludes halogenated alkanes) is 3. The number of amides is 1. The Morgan fingerprint density at radius 2 is 2.06 bits per heavy atom. The fraction of sp³-hybridized carbons (Fsp3) is 0.462. The topological polar surface area (TPSA) is 78.8 Å². The molecule has 0 aromatic heterocycles. The highest BCUT2D eigenvalue weighted by Crippen LogP contribution is 2.27. The molecule has 1 aromatic rings. The molecule has 1 rings (SSSR count). The first-order valence-electron chi connectivity index (χ1n) is 6.09. The number of phenolic OH excluding ortho intramolecular Hbond substituents is 2. The summed E-state index contributed by atoms with van der Waals surface area (Å²) in [4.78, 5) is 11.4. The fourth-order valence-corrected chi connectivity index (χ4v) is 1.47. The molecular weight excluding hydrogens is 234 g/mol. The Hall–Kier alpha value is -1.91. The van der Waals surface area contributed by atoms with E-state index in [2.05, 4.69) is 12.2 Å². The van der Waals surface area contributed by atoms with Gasteiger partial charge in [-0.3, -0.25) is 5.32 Å². The molecule has 1 aromatic carbocycles. The molecule has 0 saturated heterocycles. The molecule has 0 aliphatic heterocycles. The van der Waals surface area contributed by atoms with E-state index >= 15 is 0 Å². The van der Waals surface area contributed by atoms with Crippen LogP contribution < -0.4 is 5.32 Å². The van der Waals surface area contributed by atoms with Crippen LogP contribution in [0.15, 0.2) is 18.2 Å². The minimum atomic E-state index is -0.604. The van der Waals surface area contributed by atoms with Gasteiger partial charge in [0.25, 0.3) is 0 Å². The summed E-state index contributed by atoms with van der Waals surface area (Å²) in [5.41, 5.74) is 0.214. The maximum Gasteiger partial charge on any atom is 0.411 e. The number of ether oxygens (including phenoxy) is 1. The Balaban J connectivity index is 2.31. The van der Waals surface area contributed by atoms with E-state index < -0.39 is 6.09 Å². The van der Waals surface area contributed by atoms with E-state index in [0.717, 1.165) is 31.7 Å². The standard InChI is InChI=1S/C13H19NO4/c1-2-3-4-5-8-18-13(17)14-11-7-6-10(15)9-12(11)16/h6-7,9,15-16H,2-5,8H2,1H3,(H,14,17). The lowest BCUT2D eigenvalue weighted by Crippen LogP contribution is -2.14. The maximum absolute atomic E-state index is 11.4. The predicted molar refractivity (Wildman–Crippen MR) is 68.9 cm³/mol. The third kappa shape index (κ3) is 4.95. The molecule has 0 aliphatic rings. The normalized spacial score (nSPS) is 10.1. The summed E-state index contributed by atoms with van der Waals surface area (Å²) in [6.07, 6.45) is 3.53. The van der Waals surface area contributed by atoms with Gasteiger partial charge in [0, 0.05) is 6.07 Å². The lowest BCUT2D eigenvalue weighted by Gasteiger charge is -2.08. The van der Waals surface area contributed by atoms with Gasteiger partial charge in [-0.15, -0.1) is 0 Å². The van der Waals surface area contributed by atoms with Crippen molar-refractivity contribution in [3.63, 3.8) is 0 Å². The quantitative estimate of drug-likeness (QED) is 0.413. The SMILES string of the molecule is CCCCCCOC(=O)Nc1ccc(O)cc1O. The Bertz CT molecular complexity index is 393. The van der Waals surface area contributed by atoms with Crippen LogP contribution in [0.3, 0.4) is 0 Å². The minimum Gasteiger partial charge on any atom is -0.508 e. The summed E-state index contributed by atoms with van der Waals surface area (Å²) < 4.78 is 4.95. The molecule has 18 heavy (non-hydrogen) atoms. The zero-order valence-electron chi connectivity index (χ0n) is 10.5. The molecule has 100 valence electrons. The second-order valence-corrected chi connectivity index (χ2v) is 4.02. The number of hydrogen-bond acceptors (Lipinski definition) is 4. The van der Waals surface area contributed by atoms with Crippen LogP contribution in [-0.2, 0) is 4.74 Å². The van der Waals surface area contributed by atoms with E-state index in [1.807, 2.05) is 0 Å². The first-order chi connectivity index (χ1) is 8.63. The van der Waals surface area contributed by atoms with Crippen molar-refractivity contribution in [2.24, 2.45) is 0 Å². The van der Waals surface area contributed by atoms with Crippen molar-refractivity contribution in [3.05, 3.63) is 18.2 Å². The lowest BCUT2D eigenvalue weighted by atomic mass is 10.2. The summed E-state index contributed by atoms with van der Waals surface area (Å²) in [7, 11) is 0. The molecule has 3 N–H and O–H groups in total. The van der Waals surface area contributed by atoms with Gasteiger partial charge < -0.3 is 14.9 Å². The van der Waals surface area contributed by atoms with E-state index in [1.165, 1.54) is 12.1 Å². The first-order valence-corrected chi connectivity index (χ1v) is 6.09. The number of nitrogens with one attached hydrogen (secondary N) is 1. The zero-order valence-corrected chi connectivity index (χ0v) is 10.5. The summed E-state index contributed by atoms with van der Waals surface area (Å²) in [5, 5.41) is 20.9. The Kier molecular flexibility index (Phi) is 5.84. The molecule has 5 heteroatoms. The third-order valence-electron chi connectivity index (χ3n) is 2.45. The highest BCUT2D eigenvalue weighted by Gasteiger charge is 2.07. The smallest absolute Gasteiger partial charge is 0.411 e. The van der Waals surface area contributed by atoms with Crippen molar-refractivity contribution in [1.82, 2.24) is 0 Å². The molecule has 5 nitrogen and oxygen atoms in total. The molecule has 0 radical (unpaired) electrons. The summed E-state index contributed by atoms with van der Waals surface area (Å²) in [5.74, 6) is -0.260. The predicted octanol–water partition coefficient (Wildman–Crippen LogP) is 3.23. The third-order valence-corrected chi connectivity index (χ3v) is 2.45. The Morgan fingerprint density at radius 3 is 2.72 bits per heavy atom. The summed E-state index contributed by atoms with van der Waals surface area (Å²) in [6.45, 7) is 2.48. The largest absolute Gasteiger partial charge is 0.508 e. The number of hydrogen-bond donors (Lipinski definition) is 3. The number of phenols is 2. The molecule has 0 saturated carbocycles. The molecule has 0 atom stereocenters. The van der Waals surface area contributed by atoms with Crippen LogP contribution in [0, 0.1) is 0 Å². The van der Waals surface area contributed by atoms with Crippen LogP contribution in [0.5, 0.6) is 11.5 Å². The van der Waals surface area contributed by atoms with Gasteiger partial charge in [-0.2, -0.15) is 0 Å². The van der Waals surface area contributed by atoms with E-state index in [9.17, 15) is 9.90 Å². The van der Waals surface area contributed by atoms with E-state index in [-0.39, 0.29) is 17.2 Å². The fourth-order valence-electron chi connectivity index (χ4n) is 1.47. The maximum atomic E-state index is 11.4. The summed E-state index contributed by atoms with van der Waals surface area (Å²) in [6, 6.07) is 3.93. The molecule has 0 spiro atoms.